The molecule has 2 atom stereocenters. The first kappa shape index (κ1) is 16.1. The highest BCUT2D eigenvalue weighted by atomic mass is 16.5. The molecule has 1 aliphatic rings. The van der Waals surface area contributed by atoms with Crippen LogP contribution in [0.4, 0.5) is 5.69 Å². The quantitative estimate of drug-likeness (QED) is 0.875. The van der Waals surface area contributed by atoms with Crippen molar-refractivity contribution < 1.29 is 9.47 Å². The fourth-order valence-electron chi connectivity index (χ4n) is 3.02. The molecule has 1 fully saturated rings. The van der Waals surface area contributed by atoms with Gasteiger partial charge in [-0.1, -0.05) is 13.0 Å². The van der Waals surface area contributed by atoms with Crippen LogP contribution in [-0.2, 0) is 4.74 Å². The number of methoxy groups -OCH3 is 1. The van der Waals surface area contributed by atoms with E-state index in [4.69, 9.17) is 15.2 Å². The van der Waals surface area contributed by atoms with Crippen LogP contribution in [0.25, 0.3) is 0 Å². The van der Waals surface area contributed by atoms with E-state index in [1.807, 2.05) is 19.1 Å². The molecule has 21 heavy (non-hydrogen) atoms. The lowest BCUT2D eigenvalue weighted by Gasteiger charge is -2.36. The molecule has 0 saturated carbocycles. The van der Waals surface area contributed by atoms with E-state index in [9.17, 15) is 0 Å². The van der Waals surface area contributed by atoms with Crippen molar-refractivity contribution in [2.45, 2.75) is 45.3 Å². The van der Waals surface area contributed by atoms with Gasteiger partial charge in [0, 0.05) is 37.0 Å². The van der Waals surface area contributed by atoms with Crippen molar-refractivity contribution in [1.29, 1.82) is 0 Å². The van der Waals surface area contributed by atoms with Gasteiger partial charge in [0.1, 0.15) is 5.75 Å². The van der Waals surface area contributed by atoms with Crippen molar-refractivity contribution in [3.05, 3.63) is 23.8 Å². The highest BCUT2D eigenvalue weighted by molar-refractivity contribution is 5.61. The average Bonchev–Trinajstić information content (AvgIpc) is 2.52. The van der Waals surface area contributed by atoms with Crippen molar-refractivity contribution in [2.75, 3.05) is 31.7 Å². The molecule has 0 aromatic heterocycles. The van der Waals surface area contributed by atoms with Gasteiger partial charge in [-0.2, -0.15) is 0 Å². The van der Waals surface area contributed by atoms with Crippen LogP contribution in [0.15, 0.2) is 18.2 Å². The van der Waals surface area contributed by atoms with Gasteiger partial charge in [0.2, 0.25) is 0 Å². The molecule has 4 nitrogen and oxygen atoms in total. The summed E-state index contributed by atoms with van der Waals surface area (Å²) in [5, 5.41) is 0. The van der Waals surface area contributed by atoms with Gasteiger partial charge < -0.3 is 20.1 Å². The molecule has 0 bridgehead atoms. The number of nitrogens with zero attached hydrogens (tertiary/aromatic N) is 1. The number of benzene rings is 1. The van der Waals surface area contributed by atoms with Crippen LogP contribution in [0.3, 0.4) is 0 Å². The number of anilines is 1. The van der Waals surface area contributed by atoms with E-state index in [1.54, 1.807) is 7.11 Å². The normalized spacial score (nSPS) is 20.4. The van der Waals surface area contributed by atoms with E-state index in [-0.39, 0.29) is 6.04 Å². The molecule has 118 valence electrons. The van der Waals surface area contributed by atoms with Crippen LogP contribution in [-0.4, -0.2) is 32.9 Å². The minimum absolute atomic E-state index is 0.0481. The summed E-state index contributed by atoms with van der Waals surface area (Å²) in [5.74, 6) is 0.874. The maximum Gasteiger partial charge on any atom is 0.125 e. The van der Waals surface area contributed by atoms with Crippen molar-refractivity contribution in [3.63, 3.8) is 0 Å². The predicted octanol–water partition coefficient (Wildman–Crippen LogP) is 3.11. The van der Waals surface area contributed by atoms with Crippen LogP contribution < -0.4 is 15.4 Å². The zero-order valence-electron chi connectivity index (χ0n) is 13.5. The van der Waals surface area contributed by atoms with Crippen LogP contribution >= 0.6 is 0 Å². The van der Waals surface area contributed by atoms with Gasteiger partial charge in [-0.05, 0) is 38.3 Å². The molecule has 4 heteroatoms. The van der Waals surface area contributed by atoms with E-state index in [1.165, 1.54) is 5.69 Å². The Bertz CT molecular complexity index is 448. The lowest BCUT2D eigenvalue weighted by Crippen LogP contribution is -2.40. The molecule has 2 unspecified atom stereocenters. The number of hydrogen-bond acceptors (Lipinski definition) is 4. The van der Waals surface area contributed by atoms with Crippen LogP contribution in [0.1, 0.15) is 44.7 Å². The van der Waals surface area contributed by atoms with Gasteiger partial charge in [-0.15, -0.1) is 0 Å². The number of hydrogen-bond donors (Lipinski definition) is 1. The summed E-state index contributed by atoms with van der Waals surface area (Å²) in [6, 6.07) is 6.12. The van der Waals surface area contributed by atoms with Gasteiger partial charge in [0.15, 0.2) is 0 Å². The molecule has 1 heterocycles. The summed E-state index contributed by atoms with van der Waals surface area (Å²) in [6.45, 7) is 7.00. The summed E-state index contributed by atoms with van der Waals surface area (Å²) in [4.78, 5) is 2.39. The Morgan fingerprint density at radius 3 is 2.90 bits per heavy atom. The lowest BCUT2D eigenvalue weighted by atomic mass is 10.0. The number of nitrogens with two attached hydrogens (primary N) is 1. The standard InChI is InChI=1S/C17H28N2O2/c1-4-11-21-14-7-6-10-19(12-14)15-8-5-9-16(20-3)17(15)13(2)18/h5,8-9,13-14H,4,6-7,10-12,18H2,1-3H3. The molecule has 2 N–H and O–H groups in total. The maximum atomic E-state index is 6.17. The molecule has 0 aliphatic carbocycles. The topological polar surface area (TPSA) is 47.7 Å². The molecule has 0 radical (unpaired) electrons. The third-order valence-electron chi connectivity index (χ3n) is 3.99. The van der Waals surface area contributed by atoms with E-state index in [0.29, 0.717) is 6.10 Å². The Balaban J connectivity index is 2.20. The Kier molecular flexibility index (Phi) is 5.88. The second-order valence-electron chi connectivity index (χ2n) is 5.76. The predicted molar refractivity (Wildman–Crippen MR) is 87.1 cm³/mol. The smallest absolute Gasteiger partial charge is 0.125 e. The molecule has 1 saturated heterocycles. The highest BCUT2D eigenvalue weighted by Crippen LogP contribution is 2.35. The highest BCUT2D eigenvalue weighted by Gasteiger charge is 2.24. The minimum Gasteiger partial charge on any atom is -0.496 e. The summed E-state index contributed by atoms with van der Waals surface area (Å²) in [5.41, 5.74) is 8.46. The molecule has 1 aromatic rings. The molecule has 0 spiro atoms. The third kappa shape index (κ3) is 3.89. The monoisotopic (exact) mass is 292 g/mol. The fourth-order valence-corrected chi connectivity index (χ4v) is 3.02. The van der Waals surface area contributed by atoms with E-state index in [0.717, 1.165) is 50.3 Å². The van der Waals surface area contributed by atoms with Crippen molar-refractivity contribution in [1.82, 2.24) is 0 Å². The van der Waals surface area contributed by atoms with E-state index < -0.39 is 0 Å². The second kappa shape index (κ2) is 7.66. The van der Waals surface area contributed by atoms with Crippen LogP contribution in [0.5, 0.6) is 5.75 Å². The SMILES string of the molecule is CCCOC1CCCN(c2cccc(OC)c2C(C)N)C1. The molecule has 1 aliphatic heterocycles. The molecular weight excluding hydrogens is 264 g/mol. The molecular formula is C17H28N2O2. The number of rotatable bonds is 6. The second-order valence-corrected chi connectivity index (χ2v) is 5.76. The largest absolute Gasteiger partial charge is 0.496 e. The lowest BCUT2D eigenvalue weighted by molar-refractivity contribution is 0.0440. The average molecular weight is 292 g/mol. The Labute approximate surface area is 128 Å². The van der Waals surface area contributed by atoms with Gasteiger partial charge in [-0.3, -0.25) is 0 Å². The number of piperidine rings is 1. The molecule has 1 aromatic carbocycles. The van der Waals surface area contributed by atoms with Gasteiger partial charge in [0.25, 0.3) is 0 Å². The van der Waals surface area contributed by atoms with E-state index in [2.05, 4.69) is 17.9 Å². The Morgan fingerprint density at radius 2 is 2.24 bits per heavy atom. The molecule has 0 amide bonds. The summed E-state index contributed by atoms with van der Waals surface area (Å²) in [6.07, 6.45) is 3.70. The first-order valence-electron chi connectivity index (χ1n) is 7.96. The summed E-state index contributed by atoms with van der Waals surface area (Å²) in [7, 11) is 1.70. The van der Waals surface area contributed by atoms with Crippen molar-refractivity contribution in [2.24, 2.45) is 5.73 Å². The zero-order valence-corrected chi connectivity index (χ0v) is 13.5. The summed E-state index contributed by atoms with van der Waals surface area (Å²) < 4.78 is 11.4. The van der Waals surface area contributed by atoms with E-state index >= 15 is 0 Å². The zero-order chi connectivity index (χ0) is 15.2. The Hall–Kier alpha value is -1.26. The van der Waals surface area contributed by atoms with Gasteiger partial charge in [-0.25, -0.2) is 0 Å². The van der Waals surface area contributed by atoms with Gasteiger partial charge in [0.05, 0.1) is 13.2 Å². The van der Waals surface area contributed by atoms with Crippen LogP contribution in [0.2, 0.25) is 0 Å². The maximum absolute atomic E-state index is 6.17. The Morgan fingerprint density at radius 1 is 1.43 bits per heavy atom. The first-order valence-corrected chi connectivity index (χ1v) is 7.96. The van der Waals surface area contributed by atoms with Crippen molar-refractivity contribution >= 4 is 5.69 Å². The van der Waals surface area contributed by atoms with Crippen LogP contribution in [0, 0.1) is 0 Å². The fraction of sp³-hybridized carbons (Fsp3) is 0.647. The first-order chi connectivity index (χ1) is 10.2. The van der Waals surface area contributed by atoms with Gasteiger partial charge >= 0.3 is 0 Å². The summed E-state index contributed by atoms with van der Waals surface area (Å²) >= 11 is 0. The third-order valence-corrected chi connectivity index (χ3v) is 3.99. The number of ether oxygens (including phenoxy) is 2. The van der Waals surface area contributed by atoms with Crippen molar-refractivity contribution in [3.8, 4) is 5.75 Å². The minimum atomic E-state index is -0.0481. The molecule has 2 rings (SSSR count).